The summed E-state index contributed by atoms with van der Waals surface area (Å²) in [4.78, 5) is 27.7. The van der Waals surface area contributed by atoms with Crippen molar-refractivity contribution in [1.82, 2.24) is 20.0 Å². The van der Waals surface area contributed by atoms with Gasteiger partial charge < -0.3 is 14.2 Å². The zero-order valence-electron chi connectivity index (χ0n) is 12.8. The van der Waals surface area contributed by atoms with Gasteiger partial charge in [-0.3, -0.25) is 9.59 Å². The molecule has 1 fully saturated rings. The number of hydrogen-bond donors (Lipinski definition) is 0. The van der Waals surface area contributed by atoms with Crippen molar-refractivity contribution in [2.75, 3.05) is 19.6 Å². The predicted octanol–water partition coefficient (Wildman–Crippen LogP) is 0.849. The van der Waals surface area contributed by atoms with Crippen LogP contribution in [0.4, 0.5) is 0 Å². The molecule has 2 amide bonds. The largest absolute Gasteiger partial charge is 0.423 e. The Morgan fingerprint density at radius 1 is 1.33 bits per heavy atom. The minimum Gasteiger partial charge on any atom is -0.423 e. The van der Waals surface area contributed by atoms with Crippen LogP contribution < -0.4 is 0 Å². The van der Waals surface area contributed by atoms with Gasteiger partial charge in [-0.1, -0.05) is 6.92 Å². The molecule has 0 unspecified atom stereocenters. The summed E-state index contributed by atoms with van der Waals surface area (Å²) >= 11 is 0. The highest BCUT2D eigenvalue weighted by atomic mass is 16.4. The fourth-order valence-corrected chi connectivity index (χ4v) is 2.51. The van der Waals surface area contributed by atoms with Crippen LogP contribution in [-0.4, -0.2) is 51.4 Å². The van der Waals surface area contributed by atoms with E-state index in [0.29, 0.717) is 50.8 Å². The molecule has 7 nitrogen and oxygen atoms in total. The van der Waals surface area contributed by atoms with Crippen molar-refractivity contribution in [3.63, 3.8) is 0 Å². The van der Waals surface area contributed by atoms with E-state index in [1.165, 1.54) is 0 Å². The Morgan fingerprint density at radius 3 is 2.57 bits per heavy atom. The van der Waals surface area contributed by atoms with Crippen LogP contribution in [0.15, 0.2) is 4.42 Å². The van der Waals surface area contributed by atoms with Gasteiger partial charge in [0, 0.05) is 32.5 Å². The zero-order valence-corrected chi connectivity index (χ0v) is 12.8. The van der Waals surface area contributed by atoms with Crippen molar-refractivity contribution < 1.29 is 14.0 Å². The number of rotatable bonds is 6. The predicted molar refractivity (Wildman–Crippen MR) is 75.1 cm³/mol. The molecule has 116 valence electrons. The first-order chi connectivity index (χ1) is 10.1. The number of aryl methyl sites for hydroxylation is 1. The highest BCUT2D eigenvalue weighted by Gasteiger charge is 2.35. The molecule has 1 aromatic heterocycles. The van der Waals surface area contributed by atoms with Gasteiger partial charge in [-0.2, -0.15) is 0 Å². The molecule has 0 radical (unpaired) electrons. The van der Waals surface area contributed by atoms with E-state index in [1.54, 1.807) is 9.80 Å². The Morgan fingerprint density at radius 2 is 2.05 bits per heavy atom. The summed E-state index contributed by atoms with van der Waals surface area (Å²) in [5.74, 6) is 0.794. The summed E-state index contributed by atoms with van der Waals surface area (Å²) in [6, 6.07) is 0. The van der Waals surface area contributed by atoms with Gasteiger partial charge >= 0.3 is 0 Å². The molecule has 1 atom stereocenters. The molecular formula is C14H22N4O3. The molecule has 0 saturated carbocycles. The molecule has 1 aliphatic rings. The van der Waals surface area contributed by atoms with Crippen molar-refractivity contribution >= 4 is 11.8 Å². The number of amides is 2. The number of nitrogens with zero attached hydrogens (tertiary/aromatic N) is 4. The van der Waals surface area contributed by atoms with E-state index in [9.17, 15) is 9.59 Å². The molecule has 1 aromatic rings. The number of aromatic nitrogens is 2. The monoisotopic (exact) mass is 294 g/mol. The zero-order chi connectivity index (χ0) is 15.4. The third kappa shape index (κ3) is 3.40. The normalized spacial score (nSPS) is 18.3. The van der Waals surface area contributed by atoms with Crippen LogP contribution in [0.2, 0.25) is 0 Å². The second kappa shape index (κ2) is 6.69. The average Bonchev–Trinajstić information content (AvgIpc) is 3.10. The Bertz CT molecular complexity index is 514. The lowest BCUT2D eigenvalue weighted by molar-refractivity contribution is -0.136. The molecule has 1 saturated heterocycles. The van der Waals surface area contributed by atoms with Gasteiger partial charge in [0.15, 0.2) is 0 Å². The second-order valence-corrected chi connectivity index (χ2v) is 5.13. The highest BCUT2D eigenvalue weighted by molar-refractivity contribution is 5.89. The van der Waals surface area contributed by atoms with Crippen LogP contribution in [-0.2, 0) is 22.6 Å². The average molecular weight is 294 g/mol. The third-order valence-electron chi connectivity index (χ3n) is 3.78. The number of hydrogen-bond acceptors (Lipinski definition) is 5. The Balaban J connectivity index is 2.00. The number of carbonyl (C=O) groups excluding carboxylic acids is 2. The van der Waals surface area contributed by atoms with Gasteiger partial charge in [0.05, 0.1) is 12.5 Å². The summed E-state index contributed by atoms with van der Waals surface area (Å²) in [5.41, 5.74) is 0. The van der Waals surface area contributed by atoms with Gasteiger partial charge in [0.1, 0.15) is 0 Å². The van der Waals surface area contributed by atoms with Crippen molar-refractivity contribution in [2.24, 2.45) is 5.92 Å². The van der Waals surface area contributed by atoms with Crippen molar-refractivity contribution in [3.8, 4) is 0 Å². The van der Waals surface area contributed by atoms with Crippen LogP contribution in [0.5, 0.6) is 0 Å². The molecule has 0 bridgehead atoms. The number of carbonyl (C=O) groups is 2. The van der Waals surface area contributed by atoms with Crippen molar-refractivity contribution in [1.29, 1.82) is 0 Å². The lowest BCUT2D eigenvalue weighted by Gasteiger charge is -2.22. The summed E-state index contributed by atoms with van der Waals surface area (Å²) in [7, 11) is 0. The maximum atomic E-state index is 12.5. The van der Waals surface area contributed by atoms with E-state index in [4.69, 9.17) is 4.42 Å². The second-order valence-electron chi connectivity index (χ2n) is 5.13. The maximum Gasteiger partial charge on any atom is 0.235 e. The molecule has 0 spiro atoms. The lowest BCUT2D eigenvalue weighted by Crippen LogP contribution is -2.37. The van der Waals surface area contributed by atoms with E-state index in [1.807, 2.05) is 20.8 Å². The molecular weight excluding hydrogens is 272 g/mol. The molecule has 0 aliphatic carbocycles. The first kappa shape index (κ1) is 15.5. The topological polar surface area (TPSA) is 79.5 Å². The summed E-state index contributed by atoms with van der Waals surface area (Å²) in [5, 5.41) is 7.84. The summed E-state index contributed by atoms with van der Waals surface area (Å²) in [6.45, 7) is 7.78. The maximum absolute atomic E-state index is 12.5. The quantitative estimate of drug-likeness (QED) is 0.777. The van der Waals surface area contributed by atoms with E-state index >= 15 is 0 Å². The SMILES string of the molecule is CCc1nnc(CN(CC)C(=O)[C@@H]2CC(=O)N(CC)C2)o1. The van der Waals surface area contributed by atoms with Crippen molar-refractivity contribution in [2.45, 2.75) is 40.2 Å². The van der Waals surface area contributed by atoms with Gasteiger partial charge in [-0.25, -0.2) is 0 Å². The number of likely N-dealkylation sites (tertiary alicyclic amines) is 1. The van der Waals surface area contributed by atoms with Crippen LogP contribution in [0, 0.1) is 5.92 Å². The minimum atomic E-state index is -0.258. The molecule has 2 heterocycles. The van der Waals surface area contributed by atoms with E-state index in [-0.39, 0.29) is 17.7 Å². The van der Waals surface area contributed by atoms with Gasteiger partial charge in [-0.15, -0.1) is 10.2 Å². The van der Waals surface area contributed by atoms with E-state index < -0.39 is 0 Å². The first-order valence-corrected chi connectivity index (χ1v) is 7.46. The molecule has 7 heteroatoms. The third-order valence-corrected chi connectivity index (χ3v) is 3.78. The lowest BCUT2D eigenvalue weighted by atomic mass is 10.1. The minimum absolute atomic E-state index is 0.0157. The van der Waals surface area contributed by atoms with E-state index in [2.05, 4.69) is 10.2 Å². The Hall–Kier alpha value is -1.92. The molecule has 0 aromatic carbocycles. The fraction of sp³-hybridized carbons (Fsp3) is 0.714. The summed E-state index contributed by atoms with van der Waals surface area (Å²) < 4.78 is 5.45. The van der Waals surface area contributed by atoms with E-state index in [0.717, 1.165) is 0 Å². The van der Waals surface area contributed by atoms with Gasteiger partial charge in [-0.05, 0) is 13.8 Å². The first-order valence-electron chi connectivity index (χ1n) is 7.46. The smallest absolute Gasteiger partial charge is 0.235 e. The van der Waals surface area contributed by atoms with Crippen LogP contribution in [0.25, 0.3) is 0 Å². The van der Waals surface area contributed by atoms with Crippen LogP contribution in [0.3, 0.4) is 0 Å². The molecule has 2 rings (SSSR count). The summed E-state index contributed by atoms with van der Waals surface area (Å²) in [6.07, 6.45) is 0.975. The molecule has 0 N–H and O–H groups in total. The molecule has 21 heavy (non-hydrogen) atoms. The Labute approximate surface area is 124 Å². The van der Waals surface area contributed by atoms with Crippen LogP contribution >= 0.6 is 0 Å². The Kier molecular flexibility index (Phi) is 4.93. The van der Waals surface area contributed by atoms with Crippen LogP contribution in [0.1, 0.15) is 39.0 Å². The highest BCUT2D eigenvalue weighted by Crippen LogP contribution is 2.20. The molecule has 1 aliphatic heterocycles. The van der Waals surface area contributed by atoms with Gasteiger partial charge in [0.2, 0.25) is 23.6 Å². The standard InChI is InChI=1S/C14H22N4O3/c1-4-11-15-16-12(21-11)9-18(6-3)14(20)10-7-13(19)17(5-2)8-10/h10H,4-9H2,1-3H3/t10-/m1/s1. The fourth-order valence-electron chi connectivity index (χ4n) is 2.51. The van der Waals surface area contributed by atoms with Gasteiger partial charge in [0.25, 0.3) is 0 Å². The van der Waals surface area contributed by atoms with Crippen molar-refractivity contribution in [3.05, 3.63) is 11.8 Å².